The molecule has 1 aliphatic carbocycles. The van der Waals surface area contributed by atoms with Gasteiger partial charge < -0.3 is 10.6 Å². The molecule has 1 saturated carbocycles. The second-order valence-electron chi connectivity index (χ2n) is 5.95. The molecule has 114 valence electrons. The van der Waals surface area contributed by atoms with Crippen LogP contribution in [-0.2, 0) is 9.59 Å². The molecule has 2 amide bonds. The van der Waals surface area contributed by atoms with Gasteiger partial charge in [-0.25, -0.2) is 0 Å². The number of hydrogen-bond acceptors (Lipinski definition) is 2. The van der Waals surface area contributed by atoms with Gasteiger partial charge in [0.15, 0.2) is 0 Å². The molecule has 21 heavy (non-hydrogen) atoms. The van der Waals surface area contributed by atoms with E-state index in [2.05, 4.69) is 17.6 Å². The Kier molecular flexibility index (Phi) is 5.37. The molecule has 3 unspecified atom stereocenters. The molecular weight excluding hydrogens is 264 g/mol. The van der Waals surface area contributed by atoms with Crippen molar-refractivity contribution in [3.63, 3.8) is 0 Å². The minimum Gasteiger partial charge on any atom is -0.345 e. The summed E-state index contributed by atoms with van der Waals surface area (Å²) < 4.78 is 0. The summed E-state index contributed by atoms with van der Waals surface area (Å²) in [5, 5.41) is 5.62. The van der Waals surface area contributed by atoms with Crippen molar-refractivity contribution < 1.29 is 9.59 Å². The largest absolute Gasteiger partial charge is 0.345 e. The van der Waals surface area contributed by atoms with E-state index in [0.717, 1.165) is 24.8 Å². The first kappa shape index (κ1) is 15.5. The van der Waals surface area contributed by atoms with E-state index in [1.807, 2.05) is 37.3 Å². The normalized spacial score (nSPS) is 23.1. The zero-order chi connectivity index (χ0) is 15.2. The first-order chi connectivity index (χ1) is 10.1. The summed E-state index contributed by atoms with van der Waals surface area (Å²) in [7, 11) is 0. The summed E-state index contributed by atoms with van der Waals surface area (Å²) in [4.78, 5) is 24.0. The fourth-order valence-electron chi connectivity index (χ4n) is 2.85. The highest BCUT2D eigenvalue weighted by Gasteiger charge is 2.26. The van der Waals surface area contributed by atoms with E-state index >= 15 is 0 Å². The van der Waals surface area contributed by atoms with Gasteiger partial charge >= 0.3 is 11.8 Å². The van der Waals surface area contributed by atoms with Crippen LogP contribution in [0.15, 0.2) is 30.3 Å². The summed E-state index contributed by atoms with van der Waals surface area (Å²) in [6.07, 6.45) is 4.42. The van der Waals surface area contributed by atoms with E-state index in [1.165, 1.54) is 6.42 Å². The second-order valence-corrected chi connectivity index (χ2v) is 5.95. The average Bonchev–Trinajstić information content (AvgIpc) is 2.50. The van der Waals surface area contributed by atoms with E-state index in [4.69, 9.17) is 0 Å². The van der Waals surface area contributed by atoms with Gasteiger partial charge in [-0.05, 0) is 31.2 Å². The van der Waals surface area contributed by atoms with Gasteiger partial charge in [0.05, 0.1) is 6.04 Å². The highest BCUT2D eigenvalue weighted by atomic mass is 16.2. The van der Waals surface area contributed by atoms with Crippen LogP contribution in [0.1, 0.15) is 51.1 Å². The van der Waals surface area contributed by atoms with Crippen LogP contribution in [0.2, 0.25) is 0 Å². The maximum absolute atomic E-state index is 12.0. The van der Waals surface area contributed by atoms with Crippen LogP contribution in [0.25, 0.3) is 0 Å². The van der Waals surface area contributed by atoms with Crippen LogP contribution in [0, 0.1) is 5.92 Å². The number of carbonyl (C=O) groups excluding carboxylic acids is 2. The molecule has 1 fully saturated rings. The van der Waals surface area contributed by atoms with Crippen molar-refractivity contribution in [3.05, 3.63) is 35.9 Å². The molecule has 0 aromatic heterocycles. The van der Waals surface area contributed by atoms with E-state index in [0.29, 0.717) is 5.92 Å². The summed E-state index contributed by atoms with van der Waals surface area (Å²) in [6, 6.07) is 9.59. The van der Waals surface area contributed by atoms with Crippen molar-refractivity contribution >= 4 is 11.8 Å². The van der Waals surface area contributed by atoms with Gasteiger partial charge in [0.2, 0.25) is 0 Å². The van der Waals surface area contributed by atoms with Crippen LogP contribution < -0.4 is 10.6 Å². The minimum atomic E-state index is -0.552. The first-order valence-electron chi connectivity index (χ1n) is 7.74. The van der Waals surface area contributed by atoms with Crippen LogP contribution in [0.4, 0.5) is 0 Å². The molecule has 1 aromatic rings. The predicted octanol–water partition coefficient (Wildman–Crippen LogP) is 2.56. The highest BCUT2D eigenvalue weighted by Crippen LogP contribution is 2.23. The van der Waals surface area contributed by atoms with Gasteiger partial charge in [-0.3, -0.25) is 9.59 Å². The molecule has 2 N–H and O–H groups in total. The molecule has 0 saturated heterocycles. The Morgan fingerprint density at radius 2 is 1.76 bits per heavy atom. The summed E-state index contributed by atoms with van der Waals surface area (Å²) >= 11 is 0. The zero-order valence-electron chi connectivity index (χ0n) is 12.8. The lowest BCUT2D eigenvalue weighted by atomic mass is 9.86. The third kappa shape index (κ3) is 4.31. The average molecular weight is 288 g/mol. The highest BCUT2D eigenvalue weighted by molar-refractivity contribution is 6.35. The molecule has 0 spiro atoms. The number of amides is 2. The first-order valence-corrected chi connectivity index (χ1v) is 7.74. The van der Waals surface area contributed by atoms with Crippen molar-refractivity contribution in [1.82, 2.24) is 10.6 Å². The number of rotatable bonds is 3. The Bertz CT molecular complexity index is 487. The zero-order valence-corrected chi connectivity index (χ0v) is 12.8. The van der Waals surface area contributed by atoms with E-state index in [9.17, 15) is 9.59 Å². The molecule has 0 aliphatic heterocycles. The van der Waals surface area contributed by atoms with Crippen molar-refractivity contribution in [3.8, 4) is 0 Å². The summed E-state index contributed by atoms with van der Waals surface area (Å²) in [5.41, 5.74) is 0.990. The van der Waals surface area contributed by atoms with Crippen molar-refractivity contribution in [2.24, 2.45) is 5.92 Å². The lowest BCUT2D eigenvalue weighted by Crippen LogP contribution is -2.48. The fraction of sp³-hybridized carbons (Fsp3) is 0.529. The Balaban J connectivity index is 1.86. The molecule has 4 heteroatoms. The maximum atomic E-state index is 12.0. The molecule has 1 aromatic carbocycles. The summed E-state index contributed by atoms with van der Waals surface area (Å²) in [6.45, 7) is 4.01. The van der Waals surface area contributed by atoms with Crippen molar-refractivity contribution in [2.75, 3.05) is 0 Å². The lowest BCUT2D eigenvalue weighted by Gasteiger charge is -2.29. The van der Waals surface area contributed by atoms with Gasteiger partial charge in [0, 0.05) is 6.04 Å². The van der Waals surface area contributed by atoms with Gasteiger partial charge in [-0.1, -0.05) is 50.1 Å². The van der Waals surface area contributed by atoms with Gasteiger partial charge in [-0.2, -0.15) is 0 Å². The second kappa shape index (κ2) is 7.25. The third-order valence-corrected chi connectivity index (χ3v) is 4.28. The quantitative estimate of drug-likeness (QED) is 0.840. The molecule has 2 rings (SSSR count). The predicted molar refractivity (Wildman–Crippen MR) is 82.6 cm³/mol. The van der Waals surface area contributed by atoms with Gasteiger partial charge in [-0.15, -0.1) is 0 Å². The van der Waals surface area contributed by atoms with E-state index in [-0.39, 0.29) is 12.1 Å². The molecule has 0 heterocycles. The van der Waals surface area contributed by atoms with Gasteiger partial charge in [0.25, 0.3) is 0 Å². The van der Waals surface area contributed by atoms with E-state index in [1.54, 1.807) is 0 Å². The lowest BCUT2D eigenvalue weighted by molar-refractivity contribution is -0.140. The standard InChI is InChI=1S/C17H24N2O2/c1-12-8-6-7-11-15(12)19-17(21)16(20)18-13(2)14-9-4-3-5-10-14/h3-5,9-10,12-13,15H,6-8,11H2,1-2H3,(H,18,20)(H,19,21). The topological polar surface area (TPSA) is 58.2 Å². The Hall–Kier alpha value is -1.84. The number of nitrogens with one attached hydrogen (secondary N) is 2. The van der Waals surface area contributed by atoms with Crippen LogP contribution in [0.5, 0.6) is 0 Å². The Morgan fingerprint density at radius 1 is 1.10 bits per heavy atom. The van der Waals surface area contributed by atoms with E-state index < -0.39 is 11.8 Å². The Labute approximate surface area is 126 Å². The van der Waals surface area contributed by atoms with Crippen LogP contribution >= 0.6 is 0 Å². The molecule has 0 bridgehead atoms. The van der Waals surface area contributed by atoms with Crippen molar-refractivity contribution in [1.29, 1.82) is 0 Å². The number of carbonyl (C=O) groups is 2. The minimum absolute atomic E-state index is 0.129. The molecular formula is C17H24N2O2. The smallest absolute Gasteiger partial charge is 0.309 e. The molecule has 1 aliphatic rings. The molecule has 0 radical (unpaired) electrons. The van der Waals surface area contributed by atoms with Gasteiger partial charge in [0.1, 0.15) is 0 Å². The maximum Gasteiger partial charge on any atom is 0.309 e. The third-order valence-electron chi connectivity index (χ3n) is 4.28. The fourth-order valence-corrected chi connectivity index (χ4v) is 2.85. The van der Waals surface area contributed by atoms with Crippen molar-refractivity contribution in [2.45, 2.75) is 51.6 Å². The number of benzene rings is 1. The monoisotopic (exact) mass is 288 g/mol. The molecule has 4 nitrogen and oxygen atoms in total. The Morgan fingerprint density at radius 3 is 2.43 bits per heavy atom. The van der Waals surface area contributed by atoms with Crippen LogP contribution in [0.3, 0.4) is 0 Å². The number of hydrogen-bond donors (Lipinski definition) is 2. The summed E-state index contributed by atoms with van der Waals surface area (Å²) in [5.74, 6) is -0.622. The SMILES string of the molecule is CC(NC(=O)C(=O)NC1CCCCC1C)c1ccccc1. The molecule has 3 atom stereocenters. The van der Waals surface area contributed by atoms with Crippen LogP contribution in [-0.4, -0.2) is 17.9 Å².